The molecule has 2 aromatic heterocycles. The minimum Gasteiger partial charge on any atom is -0.463 e. The molecule has 136 valence electrons. The van der Waals surface area contributed by atoms with Gasteiger partial charge in [-0.2, -0.15) is 5.10 Å². The molecule has 3 heterocycles. The number of para-hydroxylation sites is 1. The van der Waals surface area contributed by atoms with Crippen LogP contribution in [0.3, 0.4) is 0 Å². The van der Waals surface area contributed by atoms with E-state index in [1.54, 1.807) is 17.0 Å². The standard InChI is InChI=1S/C19H20N4O2.ClH/c24-19(21-14-6-4-10-20-13-14)17-12-16(18-9-5-11-25-18)22-23(17)15-7-2-1-3-8-15;/h1-3,5,7-9,11-12,14,20H,4,6,10,13H2,(H,21,24);1H. The molecular formula is C19H21ClN4O2. The average Bonchev–Trinajstić information content (AvgIpc) is 3.33. The van der Waals surface area contributed by atoms with E-state index in [1.165, 1.54) is 0 Å². The quantitative estimate of drug-likeness (QED) is 0.738. The summed E-state index contributed by atoms with van der Waals surface area (Å²) in [4.78, 5) is 12.9. The smallest absolute Gasteiger partial charge is 0.270 e. The maximum Gasteiger partial charge on any atom is 0.270 e. The summed E-state index contributed by atoms with van der Waals surface area (Å²) in [6.07, 6.45) is 3.66. The van der Waals surface area contributed by atoms with E-state index >= 15 is 0 Å². The Bertz CT molecular complexity index is 840. The Morgan fingerprint density at radius 3 is 2.77 bits per heavy atom. The van der Waals surface area contributed by atoms with E-state index in [-0.39, 0.29) is 24.4 Å². The second-order valence-electron chi connectivity index (χ2n) is 6.16. The van der Waals surface area contributed by atoms with E-state index in [9.17, 15) is 4.79 Å². The van der Waals surface area contributed by atoms with Crippen LogP contribution in [0.1, 0.15) is 23.3 Å². The molecule has 1 unspecified atom stereocenters. The van der Waals surface area contributed by atoms with Gasteiger partial charge in [0.2, 0.25) is 0 Å². The highest BCUT2D eigenvalue weighted by molar-refractivity contribution is 5.94. The van der Waals surface area contributed by atoms with E-state index in [0.29, 0.717) is 17.1 Å². The monoisotopic (exact) mass is 372 g/mol. The molecule has 1 atom stereocenters. The molecule has 0 bridgehead atoms. The molecule has 2 N–H and O–H groups in total. The predicted octanol–water partition coefficient (Wildman–Crippen LogP) is 3.04. The molecule has 1 aliphatic rings. The summed E-state index contributed by atoms with van der Waals surface area (Å²) >= 11 is 0. The summed E-state index contributed by atoms with van der Waals surface area (Å²) in [5.41, 5.74) is 1.98. The first kappa shape index (κ1) is 18.2. The minimum absolute atomic E-state index is 0. The third-order valence-corrected chi connectivity index (χ3v) is 4.35. The Morgan fingerprint density at radius 2 is 2.08 bits per heavy atom. The summed E-state index contributed by atoms with van der Waals surface area (Å²) in [7, 11) is 0. The zero-order chi connectivity index (χ0) is 17.1. The van der Waals surface area contributed by atoms with Gasteiger partial charge >= 0.3 is 0 Å². The van der Waals surface area contributed by atoms with Crippen molar-refractivity contribution < 1.29 is 9.21 Å². The predicted molar refractivity (Wildman–Crippen MR) is 102 cm³/mol. The second kappa shape index (κ2) is 8.21. The fourth-order valence-corrected chi connectivity index (χ4v) is 3.09. The summed E-state index contributed by atoms with van der Waals surface area (Å²) in [5.74, 6) is 0.519. The van der Waals surface area contributed by atoms with Crippen LogP contribution < -0.4 is 10.6 Å². The van der Waals surface area contributed by atoms with Gasteiger partial charge in [-0.25, -0.2) is 4.68 Å². The zero-order valence-corrected chi connectivity index (χ0v) is 15.0. The lowest BCUT2D eigenvalue weighted by Gasteiger charge is -2.23. The van der Waals surface area contributed by atoms with Crippen molar-refractivity contribution >= 4 is 18.3 Å². The third-order valence-electron chi connectivity index (χ3n) is 4.35. The molecule has 1 amide bonds. The number of rotatable bonds is 4. The molecule has 4 rings (SSSR count). The van der Waals surface area contributed by atoms with Crippen LogP contribution in [0.15, 0.2) is 59.2 Å². The van der Waals surface area contributed by atoms with Crippen LogP contribution in [0.4, 0.5) is 0 Å². The summed E-state index contributed by atoms with van der Waals surface area (Å²) in [6.45, 7) is 1.81. The van der Waals surface area contributed by atoms with Crippen molar-refractivity contribution in [2.75, 3.05) is 13.1 Å². The lowest BCUT2D eigenvalue weighted by atomic mass is 10.1. The first-order valence-corrected chi connectivity index (χ1v) is 8.52. The Labute approximate surface area is 158 Å². The largest absolute Gasteiger partial charge is 0.463 e. The van der Waals surface area contributed by atoms with Gasteiger partial charge in [0.05, 0.1) is 12.0 Å². The maximum atomic E-state index is 12.9. The van der Waals surface area contributed by atoms with Gasteiger partial charge < -0.3 is 15.1 Å². The van der Waals surface area contributed by atoms with Gasteiger partial charge in [0.25, 0.3) is 5.91 Å². The van der Waals surface area contributed by atoms with Crippen molar-refractivity contribution in [3.8, 4) is 17.1 Å². The highest BCUT2D eigenvalue weighted by atomic mass is 35.5. The molecule has 1 aliphatic heterocycles. The third kappa shape index (κ3) is 3.81. The van der Waals surface area contributed by atoms with Crippen LogP contribution >= 0.6 is 12.4 Å². The first-order chi connectivity index (χ1) is 12.3. The number of nitrogens with one attached hydrogen (secondary N) is 2. The molecule has 1 fully saturated rings. The molecule has 1 aromatic carbocycles. The van der Waals surface area contributed by atoms with Crippen molar-refractivity contribution in [3.63, 3.8) is 0 Å². The molecule has 1 saturated heterocycles. The number of amides is 1. The van der Waals surface area contributed by atoms with E-state index in [4.69, 9.17) is 4.42 Å². The molecule has 0 saturated carbocycles. The topological polar surface area (TPSA) is 72.1 Å². The number of hydrogen-bond acceptors (Lipinski definition) is 4. The van der Waals surface area contributed by atoms with E-state index < -0.39 is 0 Å². The first-order valence-electron chi connectivity index (χ1n) is 8.52. The Balaban J connectivity index is 0.00000196. The normalized spacial score (nSPS) is 16.7. The molecule has 26 heavy (non-hydrogen) atoms. The highest BCUT2D eigenvalue weighted by Crippen LogP contribution is 2.22. The summed E-state index contributed by atoms with van der Waals surface area (Å²) < 4.78 is 7.11. The van der Waals surface area contributed by atoms with Gasteiger partial charge in [-0.1, -0.05) is 18.2 Å². The van der Waals surface area contributed by atoms with Crippen molar-refractivity contribution in [2.24, 2.45) is 0 Å². The Kier molecular flexibility index (Phi) is 5.75. The number of hydrogen-bond donors (Lipinski definition) is 2. The van der Waals surface area contributed by atoms with Crippen molar-refractivity contribution in [3.05, 3.63) is 60.5 Å². The molecule has 6 nitrogen and oxygen atoms in total. The number of aromatic nitrogens is 2. The van der Waals surface area contributed by atoms with Gasteiger partial charge in [0, 0.05) is 18.7 Å². The van der Waals surface area contributed by atoms with Gasteiger partial charge in [-0.05, 0) is 43.7 Å². The van der Waals surface area contributed by atoms with Crippen LogP contribution in [-0.4, -0.2) is 34.8 Å². The van der Waals surface area contributed by atoms with Gasteiger partial charge in [-0.15, -0.1) is 12.4 Å². The molecular weight excluding hydrogens is 352 g/mol. The van der Waals surface area contributed by atoms with E-state index in [2.05, 4.69) is 15.7 Å². The van der Waals surface area contributed by atoms with Crippen molar-refractivity contribution in [2.45, 2.75) is 18.9 Å². The molecule has 7 heteroatoms. The number of benzene rings is 1. The minimum atomic E-state index is -0.122. The van der Waals surface area contributed by atoms with Crippen LogP contribution in [-0.2, 0) is 0 Å². The SMILES string of the molecule is Cl.O=C(NC1CCCNC1)c1cc(-c2ccco2)nn1-c1ccccc1. The fraction of sp³-hybridized carbons (Fsp3) is 0.263. The fourth-order valence-electron chi connectivity index (χ4n) is 3.09. The Hall–Kier alpha value is -2.57. The zero-order valence-electron chi connectivity index (χ0n) is 14.2. The number of piperidine rings is 1. The second-order valence-corrected chi connectivity index (χ2v) is 6.16. The molecule has 0 radical (unpaired) electrons. The van der Waals surface area contributed by atoms with Gasteiger partial charge in [0.15, 0.2) is 5.76 Å². The molecule has 3 aromatic rings. The maximum absolute atomic E-state index is 12.9. The number of carbonyl (C=O) groups excluding carboxylic acids is 1. The number of furan rings is 1. The molecule has 0 aliphatic carbocycles. The summed E-state index contributed by atoms with van der Waals surface area (Å²) in [5, 5.41) is 11.0. The lowest BCUT2D eigenvalue weighted by molar-refractivity contribution is 0.0923. The van der Waals surface area contributed by atoms with E-state index in [1.807, 2.05) is 42.5 Å². The van der Waals surface area contributed by atoms with Crippen LogP contribution in [0.2, 0.25) is 0 Å². The lowest BCUT2D eigenvalue weighted by Crippen LogP contribution is -2.46. The van der Waals surface area contributed by atoms with Gasteiger partial charge in [-0.3, -0.25) is 4.79 Å². The number of carbonyl (C=O) groups is 1. The number of halogens is 1. The summed E-state index contributed by atoms with van der Waals surface area (Å²) in [6, 6.07) is 15.2. The van der Waals surface area contributed by atoms with Crippen molar-refractivity contribution in [1.82, 2.24) is 20.4 Å². The molecule has 0 spiro atoms. The van der Waals surface area contributed by atoms with E-state index in [0.717, 1.165) is 31.6 Å². The van der Waals surface area contributed by atoms with Crippen LogP contribution in [0, 0.1) is 0 Å². The van der Waals surface area contributed by atoms with Gasteiger partial charge in [0.1, 0.15) is 11.4 Å². The average molecular weight is 373 g/mol. The highest BCUT2D eigenvalue weighted by Gasteiger charge is 2.22. The van der Waals surface area contributed by atoms with Crippen molar-refractivity contribution in [1.29, 1.82) is 0 Å². The Morgan fingerprint density at radius 1 is 1.23 bits per heavy atom. The van der Waals surface area contributed by atoms with Crippen LogP contribution in [0.25, 0.3) is 17.1 Å². The number of nitrogens with zero attached hydrogens (tertiary/aromatic N) is 2. The van der Waals surface area contributed by atoms with Crippen LogP contribution in [0.5, 0.6) is 0 Å².